The molecule has 0 aromatic carbocycles. The number of fused-ring (bicyclic) bond motifs is 5. The van der Waals surface area contributed by atoms with Gasteiger partial charge >= 0.3 is 0 Å². The summed E-state index contributed by atoms with van der Waals surface area (Å²) in [4.78, 5) is 11.6. The maximum absolute atomic E-state index is 11.6. The third-order valence-corrected chi connectivity index (χ3v) is 11.1. The second kappa shape index (κ2) is 9.33. The Bertz CT molecular complexity index is 729. The molecule has 4 rings (SSSR count). The van der Waals surface area contributed by atoms with Crippen molar-refractivity contribution >= 4 is 25.6 Å². The zero-order chi connectivity index (χ0) is 24.7. The summed E-state index contributed by atoms with van der Waals surface area (Å²) in [6.07, 6.45) is 11.1. The second-order valence-electron chi connectivity index (χ2n) is 12.0. The largest absolute Gasteiger partial charge is 0.393 e. The molecule has 0 radical (unpaired) electrons. The van der Waals surface area contributed by atoms with Crippen molar-refractivity contribution < 1.29 is 14.1 Å². The molecule has 0 amide bonds. The summed E-state index contributed by atoms with van der Waals surface area (Å²) in [6, 6.07) is 0. The van der Waals surface area contributed by atoms with Crippen LogP contribution in [0.15, 0.2) is 0 Å². The fraction of sp³-hybridized carbons (Fsp3) is 0.962. The number of aliphatic hydroxyl groups is 1. The van der Waals surface area contributed by atoms with E-state index < -0.39 is 7.77 Å². The van der Waals surface area contributed by atoms with Crippen LogP contribution in [0.2, 0.25) is 0 Å². The van der Waals surface area contributed by atoms with E-state index in [0.717, 1.165) is 32.1 Å². The molecule has 176 valence electrons. The fourth-order valence-electron chi connectivity index (χ4n) is 9.06. The van der Waals surface area contributed by atoms with Crippen LogP contribution in [-0.2, 0) is 8.98 Å². The van der Waals surface area contributed by atoms with Gasteiger partial charge in [-0.25, -0.2) is 0 Å². The minimum absolute atomic E-state index is 0.0284. The van der Waals surface area contributed by atoms with Gasteiger partial charge < -0.3 is 14.1 Å². The van der Waals surface area contributed by atoms with E-state index in [1.54, 1.807) is 6.92 Å². The molecular formula is C26H45BO3S. The molecule has 31 heavy (non-hydrogen) atoms. The van der Waals surface area contributed by atoms with Gasteiger partial charge in [0.05, 0.1) is 12.2 Å². The Morgan fingerprint density at radius 1 is 1.26 bits per heavy atom. The molecule has 1 N–H and O–H groups in total. The first-order valence-corrected chi connectivity index (χ1v) is 13.8. The first kappa shape index (κ1) is 20.4. The SMILES string of the molecule is [2H]B([3H])CSO[C@@H]1CCC2(C)C3CCC4(C)C(C(C)CCC(C)=O)CCC4C3C[C@H](O[3H])[C@@H]2C1. The Kier molecular flexibility index (Phi) is 6.14. The van der Waals surface area contributed by atoms with Crippen LogP contribution >= 0.6 is 12.0 Å². The number of Topliss-reactive ketones (excluding diaryl/α,β-unsaturated/α-hetero) is 1. The van der Waals surface area contributed by atoms with Crippen LogP contribution in [0, 0.1) is 46.3 Å². The van der Waals surface area contributed by atoms with Crippen molar-refractivity contribution in [1.82, 2.24) is 0 Å². The smallest absolute Gasteiger partial charge is 0.210 e. The van der Waals surface area contributed by atoms with E-state index in [4.69, 9.17) is 13.4 Å². The molecule has 10 atom stereocenters. The molecule has 5 heteroatoms. The van der Waals surface area contributed by atoms with E-state index >= 15 is 0 Å². The lowest BCUT2D eigenvalue weighted by atomic mass is 9.44. The van der Waals surface area contributed by atoms with Crippen molar-refractivity contribution in [3.63, 3.8) is 0 Å². The Labute approximate surface area is 200 Å². The summed E-state index contributed by atoms with van der Waals surface area (Å²) in [7, 11) is -0.851. The standard InChI is InChI=1S/C26H45BO3S/c1-16(5-6-17(2)28)20-7-8-21-19-14-24(29)23-13-18(30-31-15-27)9-11-26(23,4)22(19)10-12-25(20,21)3/h16,18-24,29H,5-15,27H2,1-4H3/t16?,18-,19?,20?,21?,22?,23+,24+,25?,26?/m1/s1/i27TD,29T. The zero-order valence-corrected chi connectivity index (χ0v) is 20.9. The number of aliphatic hydroxyl groups excluding tert-OH is 1. The van der Waals surface area contributed by atoms with Gasteiger partial charge in [-0.1, -0.05) is 20.8 Å². The third-order valence-electron chi connectivity index (χ3n) is 10.6. The maximum atomic E-state index is 11.6. The average Bonchev–Trinajstić information content (AvgIpc) is 3.14. The van der Waals surface area contributed by atoms with Crippen molar-refractivity contribution in [1.29, 1.82) is 4.10 Å². The molecule has 0 aromatic rings. The van der Waals surface area contributed by atoms with E-state index in [2.05, 4.69) is 20.8 Å². The van der Waals surface area contributed by atoms with E-state index in [1.165, 1.54) is 37.7 Å². The molecular weight excluding hydrogens is 403 g/mol. The minimum Gasteiger partial charge on any atom is -0.393 e. The van der Waals surface area contributed by atoms with Gasteiger partial charge in [0.25, 0.3) is 0 Å². The summed E-state index contributed by atoms with van der Waals surface area (Å²) in [6.45, 7) is 9.13. The summed E-state index contributed by atoms with van der Waals surface area (Å²) in [5.41, 5.74) is 0.938. The third kappa shape index (κ3) is 4.30. The van der Waals surface area contributed by atoms with Crippen LogP contribution in [0.4, 0.5) is 0 Å². The first-order chi connectivity index (χ1) is 16.1. The van der Waals surface area contributed by atoms with Crippen LogP contribution in [0.3, 0.4) is 0 Å². The monoisotopic (exact) mass is 453 g/mol. The highest BCUT2D eigenvalue weighted by Crippen LogP contribution is 2.68. The van der Waals surface area contributed by atoms with Gasteiger partial charge in [0.2, 0.25) is 1.43 Å². The van der Waals surface area contributed by atoms with Crippen LogP contribution in [0.25, 0.3) is 0 Å². The number of hydrogen-bond acceptors (Lipinski definition) is 4. The predicted molar refractivity (Wildman–Crippen MR) is 132 cm³/mol. The molecule has 0 aliphatic heterocycles. The quantitative estimate of drug-likeness (QED) is 0.383. The minimum atomic E-state index is -0.851. The van der Waals surface area contributed by atoms with Crippen molar-refractivity contribution in [2.24, 2.45) is 46.3 Å². The van der Waals surface area contributed by atoms with Crippen molar-refractivity contribution in [3.05, 3.63) is 0 Å². The van der Waals surface area contributed by atoms with Gasteiger partial charge in [-0.3, -0.25) is 0 Å². The summed E-state index contributed by atoms with van der Waals surface area (Å²) in [5.74, 6) is 4.02. The Hall–Kier alpha value is 0.00494. The van der Waals surface area contributed by atoms with E-state index in [9.17, 15) is 4.79 Å². The molecule has 0 aromatic heterocycles. The fourth-order valence-corrected chi connectivity index (χ4v) is 9.51. The molecule has 7 unspecified atom stereocenters. The normalized spacial score (nSPS) is 49.0. The van der Waals surface area contributed by atoms with Crippen LogP contribution in [0.1, 0.15) is 91.9 Å². The average molecular weight is 454 g/mol. The molecule has 4 fully saturated rings. The highest BCUT2D eigenvalue weighted by atomic mass is 32.2. The molecule has 4 saturated carbocycles. The van der Waals surface area contributed by atoms with Crippen LogP contribution < -0.4 is 0 Å². The Balaban J connectivity index is 1.48. The summed E-state index contributed by atoms with van der Waals surface area (Å²) in [5, 5.41) is 5.48. The van der Waals surface area contributed by atoms with Crippen molar-refractivity contribution in [2.75, 3.05) is 5.65 Å². The second-order valence-corrected chi connectivity index (χ2v) is 12.7. The van der Waals surface area contributed by atoms with Gasteiger partial charge in [-0.05, 0) is 131 Å². The summed E-state index contributed by atoms with van der Waals surface area (Å²) < 4.78 is 28.8. The molecule has 4 aliphatic rings. The lowest BCUT2D eigenvalue weighted by molar-refractivity contribution is -0.169. The van der Waals surface area contributed by atoms with Gasteiger partial charge in [0, 0.05) is 6.42 Å². The first-order valence-electron chi connectivity index (χ1n) is 14.4. The molecule has 0 saturated heterocycles. The molecule has 0 spiro atoms. The number of ketones is 1. The van der Waals surface area contributed by atoms with E-state index in [1.807, 2.05) is 0 Å². The van der Waals surface area contributed by atoms with Crippen molar-refractivity contribution in [3.8, 4) is 0 Å². The number of rotatable bonds is 9. The highest BCUT2D eigenvalue weighted by Gasteiger charge is 2.62. The molecule has 0 bridgehead atoms. The van der Waals surface area contributed by atoms with Gasteiger partial charge in [-0.2, -0.15) is 0 Å². The Morgan fingerprint density at radius 3 is 2.77 bits per heavy atom. The topological polar surface area (TPSA) is 46.5 Å². The maximum Gasteiger partial charge on any atom is 0.210 e. The molecule has 0 heterocycles. The Morgan fingerprint density at radius 2 is 2.03 bits per heavy atom. The van der Waals surface area contributed by atoms with E-state index in [0.29, 0.717) is 58.8 Å². The van der Waals surface area contributed by atoms with Crippen molar-refractivity contribution in [2.45, 2.75) is 104 Å². The van der Waals surface area contributed by atoms with Gasteiger partial charge in [0.1, 0.15) is 13.6 Å². The zero-order valence-electron chi connectivity index (χ0n) is 23.1. The number of carbonyl (C=O) groups excluding carboxylic acids is 1. The molecule has 4 aliphatic carbocycles. The highest BCUT2D eigenvalue weighted by molar-refractivity contribution is 7.95. The van der Waals surface area contributed by atoms with Crippen LogP contribution in [-0.4, -0.2) is 40.6 Å². The van der Waals surface area contributed by atoms with Gasteiger partial charge in [0.15, 0.2) is 0 Å². The van der Waals surface area contributed by atoms with Crippen LogP contribution in [0.5, 0.6) is 0 Å². The van der Waals surface area contributed by atoms with E-state index in [-0.39, 0.29) is 17.6 Å². The lowest BCUT2D eigenvalue weighted by Gasteiger charge is -2.62. The summed E-state index contributed by atoms with van der Waals surface area (Å²) >= 11 is 1.27. The lowest BCUT2D eigenvalue weighted by Crippen LogP contribution is -2.58. The van der Waals surface area contributed by atoms with Gasteiger partial charge in [-0.15, -0.1) is 0 Å². The number of carbonyl (C=O) groups is 1. The molecule has 3 nitrogen and oxygen atoms in total. The number of hydrogen-bond donors (Lipinski definition) is 1. The predicted octanol–water partition coefficient (Wildman–Crippen LogP) is 5.25.